The third-order valence-electron chi connectivity index (χ3n) is 6.42. The molecule has 1 N–H and O–H groups in total. The molecule has 0 spiro atoms. The Morgan fingerprint density at radius 1 is 1.17 bits per heavy atom. The van der Waals surface area contributed by atoms with Crippen LogP contribution in [0.3, 0.4) is 0 Å². The first kappa shape index (κ1) is 20.7. The smallest absolute Gasteiger partial charge is 0.335 e. The fourth-order valence-corrected chi connectivity index (χ4v) is 4.77. The first-order valence-corrected chi connectivity index (χ1v) is 10.8. The third kappa shape index (κ3) is 4.01. The molecule has 1 saturated heterocycles. The molecule has 1 fully saturated rings. The summed E-state index contributed by atoms with van der Waals surface area (Å²) in [5, 5.41) is 9.14. The summed E-state index contributed by atoms with van der Waals surface area (Å²) >= 11 is 0. The minimum absolute atomic E-state index is 0.0393. The van der Waals surface area contributed by atoms with Gasteiger partial charge in [0.25, 0.3) is 0 Å². The number of ether oxygens (including phenoxy) is 2. The summed E-state index contributed by atoms with van der Waals surface area (Å²) in [5.41, 5.74) is 4.54. The number of carboxylic acids is 1. The Bertz CT molecular complexity index is 955. The van der Waals surface area contributed by atoms with Gasteiger partial charge in [0.15, 0.2) is 0 Å². The maximum Gasteiger partial charge on any atom is 0.335 e. The highest BCUT2D eigenvalue weighted by atomic mass is 16.5. The molecule has 4 heteroatoms. The molecular formula is C26H30O4. The van der Waals surface area contributed by atoms with E-state index in [0.717, 1.165) is 54.7 Å². The second-order valence-corrected chi connectivity index (χ2v) is 8.91. The highest BCUT2D eigenvalue weighted by Crippen LogP contribution is 2.51. The fraction of sp³-hybridized carbons (Fsp3) is 0.423. The Kier molecular flexibility index (Phi) is 5.70. The SMILES string of the molecule is CC(C)=CCC[C@@]1(C)Oc2ccc(-c3ccc(C(=O)O)cc3)cc2[C@@H]2OCCC[C@H]21. The highest BCUT2D eigenvalue weighted by molar-refractivity contribution is 5.88. The first-order chi connectivity index (χ1) is 14.4. The van der Waals surface area contributed by atoms with Crippen molar-refractivity contribution in [1.82, 2.24) is 0 Å². The molecular weight excluding hydrogens is 376 g/mol. The number of benzene rings is 2. The number of fused-ring (bicyclic) bond motifs is 3. The number of rotatable bonds is 5. The second-order valence-electron chi connectivity index (χ2n) is 8.91. The van der Waals surface area contributed by atoms with Crippen LogP contribution in [0.4, 0.5) is 0 Å². The lowest BCUT2D eigenvalue weighted by Crippen LogP contribution is -2.49. The maximum absolute atomic E-state index is 11.1. The van der Waals surface area contributed by atoms with Gasteiger partial charge < -0.3 is 14.6 Å². The minimum Gasteiger partial charge on any atom is -0.487 e. The standard InChI is InChI=1S/C26H30O4/c1-17(2)6-4-14-26(3)22-7-5-15-29-24(22)21-16-20(12-13-23(21)30-26)18-8-10-19(11-9-18)25(27)28/h6,8-13,16,22,24H,4-5,7,14-15H2,1-3H3,(H,27,28)/t22-,24+,26-/m1/s1. The second kappa shape index (κ2) is 8.27. The van der Waals surface area contributed by atoms with Crippen molar-refractivity contribution in [3.05, 3.63) is 65.2 Å². The fourth-order valence-electron chi connectivity index (χ4n) is 4.77. The van der Waals surface area contributed by atoms with Gasteiger partial charge in [0.1, 0.15) is 11.4 Å². The van der Waals surface area contributed by atoms with E-state index in [1.165, 1.54) is 5.57 Å². The molecule has 0 bridgehead atoms. The topological polar surface area (TPSA) is 55.8 Å². The van der Waals surface area contributed by atoms with Crippen LogP contribution in [-0.2, 0) is 4.74 Å². The summed E-state index contributed by atoms with van der Waals surface area (Å²) in [6.07, 6.45) is 6.47. The number of aromatic carboxylic acids is 1. The molecule has 4 rings (SSSR count). The van der Waals surface area contributed by atoms with Crippen LogP contribution in [0.25, 0.3) is 11.1 Å². The van der Waals surface area contributed by atoms with E-state index in [1.54, 1.807) is 12.1 Å². The normalized spacial score (nSPS) is 24.9. The number of allylic oxidation sites excluding steroid dienone is 2. The van der Waals surface area contributed by atoms with Gasteiger partial charge in [-0.3, -0.25) is 0 Å². The van der Waals surface area contributed by atoms with Gasteiger partial charge in [-0.05, 0) is 81.8 Å². The maximum atomic E-state index is 11.1. The Morgan fingerprint density at radius 2 is 1.90 bits per heavy atom. The average Bonchev–Trinajstić information content (AvgIpc) is 2.73. The lowest BCUT2D eigenvalue weighted by Gasteiger charge is -2.48. The Balaban J connectivity index is 1.66. The Morgan fingerprint density at radius 3 is 2.60 bits per heavy atom. The van der Waals surface area contributed by atoms with Crippen LogP contribution in [0.15, 0.2) is 54.1 Å². The van der Waals surface area contributed by atoms with Crippen molar-refractivity contribution in [2.45, 2.75) is 58.2 Å². The number of hydrogen-bond donors (Lipinski definition) is 1. The molecule has 0 aromatic heterocycles. The van der Waals surface area contributed by atoms with E-state index in [2.05, 4.69) is 32.9 Å². The summed E-state index contributed by atoms with van der Waals surface area (Å²) in [7, 11) is 0. The predicted octanol–water partition coefficient (Wildman–Crippen LogP) is 6.42. The zero-order chi connectivity index (χ0) is 21.3. The van der Waals surface area contributed by atoms with E-state index in [-0.39, 0.29) is 11.7 Å². The Labute approximate surface area is 178 Å². The van der Waals surface area contributed by atoms with Crippen molar-refractivity contribution < 1.29 is 19.4 Å². The predicted molar refractivity (Wildman–Crippen MR) is 118 cm³/mol. The number of carboxylic acid groups (broad SMARTS) is 1. The van der Waals surface area contributed by atoms with Gasteiger partial charge in [0, 0.05) is 18.1 Å². The molecule has 30 heavy (non-hydrogen) atoms. The van der Waals surface area contributed by atoms with Crippen LogP contribution in [0.5, 0.6) is 5.75 Å². The highest BCUT2D eigenvalue weighted by Gasteiger charge is 2.48. The van der Waals surface area contributed by atoms with Gasteiger partial charge in [-0.25, -0.2) is 4.79 Å². The lowest BCUT2D eigenvalue weighted by molar-refractivity contribution is -0.126. The monoisotopic (exact) mass is 406 g/mol. The number of carbonyl (C=O) groups is 1. The van der Waals surface area contributed by atoms with Crippen molar-refractivity contribution in [2.75, 3.05) is 6.61 Å². The van der Waals surface area contributed by atoms with Crippen LogP contribution in [-0.4, -0.2) is 23.3 Å². The van der Waals surface area contributed by atoms with Gasteiger partial charge in [0.2, 0.25) is 0 Å². The largest absolute Gasteiger partial charge is 0.487 e. The molecule has 0 saturated carbocycles. The summed E-state index contributed by atoms with van der Waals surface area (Å²) < 4.78 is 12.9. The van der Waals surface area contributed by atoms with Crippen molar-refractivity contribution in [3.63, 3.8) is 0 Å². The summed E-state index contributed by atoms with van der Waals surface area (Å²) in [6, 6.07) is 13.3. The molecule has 2 aliphatic rings. The summed E-state index contributed by atoms with van der Waals surface area (Å²) in [5.74, 6) is 0.323. The molecule has 2 aliphatic heterocycles. The van der Waals surface area contributed by atoms with Crippen LogP contribution >= 0.6 is 0 Å². The third-order valence-corrected chi connectivity index (χ3v) is 6.42. The van der Waals surface area contributed by atoms with E-state index in [9.17, 15) is 4.79 Å². The zero-order valence-electron chi connectivity index (χ0n) is 18.0. The zero-order valence-corrected chi connectivity index (χ0v) is 18.0. The van der Waals surface area contributed by atoms with Gasteiger partial charge in [-0.2, -0.15) is 0 Å². The van der Waals surface area contributed by atoms with Crippen molar-refractivity contribution in [2.24, 2.45) is 5.92 Å². The molecule has 2 heterocycles. The van der Waals surface area contributed by atoms with Crippen LogP contribution in [0.1, 0.15) is 68.5 Å². The summed E-state index contributed by atoms with van der Waals surface area (Å²) in [6.45, 7) is 7.29. The van der Waals surface area contributed by atoms with E-state index in [0.29, 0.717) is 11.5 Å². The van der Waals surface area contributed by atoms with Crippen LogP contribution in [0, 0.1) is 5.92 Å². The van der Waals surface area contributed by atoms with Gasteiger partial charge >= 0.3 is 5.97 Å². The molecule has 0 aliphatic carbocycles. The van der Waals surface area contributed by atoms with Gasteiger partial charge in [-0.15, -0.1) is 0 Å². The van der Waals surface area contributed by atoms with Crippen molar-refractivity contribution in [1.29, 1.82) is 0 Å². The van der Waals surface area contributed by atoms with Gasteiger partial charge in [-0.1, -0.05) is 29.8 Å². The number of hydrogen-bond acceptors (Lipinski definition) is 3. The molecule has 4 nitrogen and oxygen atoms in total. The van der Waals surface area contributed by atoms with E-state index < -0.39 is 5.97 Å². The molecule has 0 unspecified atom stereocenters. The molecule has 158 valence electrons. The van der Waals surface area contributed by atoms with Crippen molar-refractivity contribution in [3.8, 4) is 16.9 Å². The quantitative estimate of drug-likeness (QED) is 0.582. The molecule has 0 radical (unpaired) electrons. The average molecular weight is 407 g/mol. The lowest BCUT2D eigenvalue weighted by atomic mass is 9.73. The molecule has 3 atom stereocenters. The first-order valence-electron chi connectivity index (χ1n) is 10.8. The van der Waals surface area contributed by atoms with Crippen LogP contribution in [0.2, 0.25) is 0 Å². The summed E-state index contributed by atoms with van der Waals surface area (Å²) in [4.78, 5) is 11.1. The van der Waals surface area contributed by atoms with Crippen molar-refractivity contribution >= 4 is 5.97 Å². The van der Waals surface area contributed by atoms with E-state index in [4.69, 9.17) is 14.6 Å². The molecule has 0 amide bonds. The molecule has 2 aromatic rings. The van der Waals surface area contributed by atoms with Gasteiger partial charge in [0.05, 0.1) is 11.7 Å². The van der Waals surface area contributed by atoms with Crippen LogP contribution < -0.4 is 4.74 Å². The Hall–Kier alpha value is -2.59. The van der Waals surface area contributed by atoms with E-state index in [1.807, 2.05) is 24.3 Å². The minimum atomic E-state index is -0.911. The van der Waals surface area contributed by atoms with E-state index >= 15 is 0 Å². The molecule has 2 aromatic carbocycles.